The quantitative estimate of drug-likeness (QED) is 0.468. The molecule has 9 heteroatoms. The molecule has 7 nitrogen and oxygen atoms in total. The van der Waals surface area contributed by atoms with Crippen molar-refractivity contribution in [2.45, 2.75) is 33.6 Å². The Hall–Kier alpha value is -3.36. The van der Waals surface area contributed by atoms with Crippen LogP contribution in [-0.2, 0) is 0 Å². The highest BCUT2D eigenvalue weighted by Crippen LogP contribution is 2.23. The summed E-state index contributed by atoms with van der Waals surface area (Å²) in [7, 11) is 0. The monoisotopic (exact) mass is 401 g/mol. The first-order valence-corrected chi connectivity index (χ1v) is 9.17. The molecular weight excluding hydrogens is 380 g/mol. The Balaban J connectivity index is 1.86. The molecule has 1 atom stereocenters. The fourth-order valence-corrected chi connectivity index (χ4v) is 2.68. The second-order valence-electron chi connectivity index (χ2n) is 6.82. The third-order valence-electron chi connectivity index (χ3n) is 4.48. The predicted molar refractivity (Wildman–Crippen MR) is 104 cm³/mol. The number of benzene rings is 1. The summed E-state index contributed by atoms with van der Waals surface area (Å²) in [6.45, 7) is 5.72. The summed E-state index contributed by atoms with van der Waals surface area (Å²) in [6.07, 6.45) is 2.76. The van der Waals surface area contributed by atoms with E-state index in [-0.39, 0.29) is 17.6 Å². The number of nitrogens with zero attached hydrogens (tertiary/aromatic N) is 3. The summed E-state index contributed by atoms with van der Waals surface area (Å²) in [5.41, 5.74) is 1.04. The summed E-state index contributed by atoms with van der Waals surface area (Å²) < 4.78 is 31.9. The van der Waals surface area contributed by atoms with Crippen LogP contribution in [0, 0.1) is 24.5 Å². The van der Waals surface area contributed by atoms with Gasteiger partial charge in [-0.25, -0.2) is 13.8 Å². The van der Waals surface area contributed by atoms with E-state index < -0.39 is 11.6 Å². The maximum Gasteiger partial charge on any atom is 0.261 e. The lowest BCUT2D eigenvalue weighted by molar-refractivity contribution is 0.0974. The van der Waals surface area contributed by atoms with Crippen LogP contribution in [0.25, 0.3) is 11.3 Å². The van der Waals surface area contributed by atoms with E-state index in [1.165, 1.54) is 18.3 Å². The molecule has 0 saturated heterocycles. The normalized spacial score (nSPS) is 12.8. The molecule has 0 bridgehead atoms. The molecule has 1 unspecified atom stereocenters. The molecule has 0 aliphatic rings. The van der Waals surface area contributed by atoms with Gasteiger partial charge in [-0.2, -0.15) is 5.10 Å². The predicted octanol–water partition coefficient (Wildman–Crippen LogP) is 4.55. The molecule has 0 aliphatic heterocycles. The van der Waals surface area contributed by atoms with Crippen molar-refractivity contribution < 1.29 is 18.1 Å². The number of rotatable bonds is 6. The molecule has 0 spiro atoms. The molecular formula is C20H21F2N5O2. The van der Waals surface area contributed by atoms with E-state index in [1.54, 1.807) is 13.0 Å². The van der Waals surface area contributed by atoms with Crippen LogP contribution in [0.1, 0.15) is 42.8 Å². The summed E-state index contributed by atoms with van der Waals surface area (Å²) in [6, 6.07) is 4.74. The SMILES string of the molecule is CCC(C)CC(=Nc1cc(-c2cc(F)cc(F)c2)[nH]n1)NC(=O)c1cnoc1C. The molecule has 3 aromatic rings. The van der Waals surface area contributed by atoms with Crippen LogP contribution in [-0.4, -0.2) is 27.1 Å². The number of amides is 1. The van der Waals surface area contributed by atoms with Crippen molar-refractivity contribution in [2.75, 3.05) is 0 Å². The third kappa shape index (κ3) is 5.13. The van der Waals surface area contributed by atoms with Crippen LogP contribution in [0.4, 0.5) is 14.6 Å². The standard InChI is InChI=1S/C20H21F2N5O2/c1-4-11(2)5-18(25-20(28)16-10-23-29-12(16)3)24-19-9-17(26-27-19)13-6-14(21)8-15(22)7-13/h6-11H,4-5H2,1-3H3,(H2,24,25,26,27,28). The minimum absolute atomic E-state index is 0.272. The van der Waals surface area contributed by atoms with Gasteiger partial charge in [-0.1, -0.05) is 25.4 Å². The number of hydrogen-bond donors (Lipinski definition) is 2. The van der Waals surface area contributed by atoms with Gasteiger partial charge in [-0.05, 0) is 25.0 Å². The Morgan fingerprint density at radius 2 is 2.00 bits per heavy atom. The van der Waals surface area contributed by atoms with Gasteiger partial charge >= 0.3 is 0 Å². The maximum absolute atomic E-state index is 13.5. The molecule has 29 heavy (non-hydrogen) atoms. The Morgan fingerprint density at radius 3 is 2.62 bits per heavy atom. The Kier molecular flexibility index (Phi) is 6.16. The number of carbonyl (C=O) groups excluding carboxylic acids is 1. The molecule has 1 amide bonds. The van der Waals surface area contributed by atoms with E-state index in [4.69, 9.17) is 4.52 Å². The first kappa shape index (κ1) is 20.4. The highest BCUT2D eigenvalue weighted by Gasteiger charge is 2.17. The molecule has 2 aromatic heterocycles. The number of carbonyl (C=O) groups is 1. The average Bonchev–Trinajstić information content (AvgIpc) is 3.29. The third-order valence-corrected chi connectivity index (χ3v) is 4.48. The molecule has 0 saturated carbocycles. The molecule has 2 N–H and O–H groups in total. The maximum atomic E-state index is 13.5. The zero-order valence-electron chi connectivity index (χ0n) is 16.3. The number of hydrogen-bond acceptors (Lipinski definition) is 5. The van der Waals surface area contributed by atoms with Crippen LogP contribution in [0.15, 0.2) is 40.0 Å². The number of aliphatic imine (C=N–C) groups is 1. The van der Waals surface area contributed by atoms with Gasteiger partial charge < -0.3 is 9.84 Å². The summed E-state index contributed by atoms with van der Waals surface area (Å²) in [4.78, 5) is 16.9. The molecule has 152 valence electrons. The average molecular weight is 401 g/mol. The minimum atomic E-state index is -0.687. The van der Waals surface area contributed by atoms with Crippen molar-refractivity contribution in [1.29, 1.82) is 0 Å². The van der Waals surface area contributed by atoms with E-state index in [0.29, 0.717) is 34.8 Å². The van der Waals surface area contributed by atoms with Gasteiger partial charge in [-0.3, -0.25) is 9.89 Å². The number of H-pyrrole nitrogens is 1. The van der Waals surface area contributed by atoms with Crippen molar-refractivity contribution in [3.8, 4) is 11.3 Å². The molecule has 3 rings (SSSR count). The van der Waals surface area contributed by atoms with Gasteiger partial charge in [0.25, 0.3) is 5.91 Å². The first-order valence-electron chi connectivity index (χ1n) is 9.17. The highest BCUT2D eigenvalue weighted by atomic mass is 19.1. The topological polar surface area (TPSA) is 96.2 Å². The van der Waals surface area contributed by atoms with Crippen molar-refractivity contribution in [3.05, 3.63) is 53.4 Å². The van der Waals surface area contributed by atoms with Crippen molar-refractivity contribution in [3.63, 3.8) is 0 Å². The van der Waals surface area contributed by atoms with E-state index >= 15 is 0 Å². The second-order valence-corrected chi connectivity index (χ2v) is 6.82. The van der Waals surface area contributed by atoms with E-state index in [0.717, 1.165) is 12.5 Å². The van der Waals surface area contributed by atoms with Crippen molar-refractivity contribution in [1.82, 2.24) is 20.7 Å². The number of aromatic nitrogens is 3. The fraction of sp³-hybridized carbons (Fsp3) is 0.300. The van der Waals surface area contributed by atoms with Crippen molar-refractivity contribution >= 4 is 17.6 Å². The van der Waals surface area contributed by atoms with Gasteiger partial charge in [0.15, 0.2) is 5.82 Å². The zero-order chi connectivity index (χ0) is 21.0. The first-order chi connectivity index (χ1) is 13.9. The zero-order valence-corrected chi connectivity index (χ0v) is 16.3. The Bertz CT molecular complexity index is 1020. The van der Waals surface area contributed by atoms with Crippen LogP contribution < -0.4 is 5.32 Å². The highest BCUT2D eigenvalue weighted by molar-refractivity contribution is 6.07. The summed E-state index contributed by atoms with van der Waals surface area (Å²) in [5, 5.41) is 13.2. The summed E-state index contributed by atoms with van der Waals surface area (Å²) in [5.74, 6) is -0.372. The largest absolute Gasteiger partial charge is 0.361 e. The molecule has 0 radical (unpaired) electrons. The second kappa shape index (κ2) is 8.76. The van der Waals surface area contributed by atoms with Gasteiger partial charge in [0, 0.05) is 24.1 Å². The van der Waals surface area contributed by atoms with Gasteiger partial charge in [0.1, 0.15) is 28.8 Å². The molecule has 0 aliphatic carbocycles. The van der Waals surface area contributed by atoms with E-state index in [2.05, 4.69) is 25.7 Å². The van der Waals surface area contributed by atoms with E-state index in [9.17, 15) is 13.6 Å². The number of aromatic amines is 1. The summed E-state index contributed by atoms with van der Waals surface area (Å²) >= 11 is 0. The smallest absolute Gasteiger partial charge is 0.261 e. The van der Waals surface area contributed by atoms with Crippen LogP contribution >= 0.6 is 0 Å². The van der Waals surface area contributed by atoms with Gasteiger partial charge in [-0.15, -0.1) is 0 Å². The molecule has 2 heterocycles. The fourth-order valence-electron chi connectivity index (χ4n) is 2.68. The lowest BCUT2D eigenvalue weighted by Gasteiger charge is -2.12. The number of nitrogens with one attached hydrogen (secondary N) is 2. The van der Waals surface area contributed by atoms with Gasteiger partial charge in [0.05, 0.1) is 11.9 Å². The number of halogens is 2. The van der Waals surface area contributed by atoms with Crippen molar-refractivity contribution in [2.24, 2.45) is 10.9 Å². The van der Waals surface area contributed by atoms with Gasteiger partial charge in [0.2, 0.25) is 0 Å². The minimum Gasteiger partial charge on any atom is -0.361 e. The number of aryl methyl sites for hydroxylation is 1. The van der Waals surface area contributed by atoms with Crippen LogP contribution in [0.3, 0.4) is 0 Å². The lowest BCUT2D eigenvalue weighted by Crippen LogP contribution is -2.31. The lowest BCUT2D eigenvalue weighted by atomic mass is 10.0. The number of amidine groups is 1. The molecule has 1 aromatic carbocycles. The van der Waals surface area contributed by atoms with Crippen LogP contribution in [0.2, 0.25) is 0 Å². The van der Waals surface area contributed by atoms with E-state index in [1.807, 2.05) is 13.8 Å². The Labute approximate surface area is 166 Å². The van der Waals surface area contributed by atoms with Crippen LogP contribution in [0.5, 0.6) is 0 Å². The molecule has 0 fully saturated rings. The Morgan fingerprint density at radius 1 is 1.28 bits per heavy atom.